The van der Waals surface area contributed by atoms with Crippen molar-refractivity contribution < 1.29 is 4.79 Å². The first-order valence-electron chi connectivity index (χ1n) is 5.09. The molecule has 0 unspecified atom stereocenters. The van der Waals surface area contributed by atoms with Crippen molar-refractivity contribution >= 4 is 11.7 Å². The number of nitrogens with zero attached hydrogens (tertiary/aromatic N) is 2. The fourth-order valence-electron chi connectivity index (χ4n) is 1.33. The molecule has 1 amide bonds. The molecule has 15 heavy (non-hydrogen) atoms. The lowest BCUT2D eigenvalue weighted by Gasteiger charge is -2.15. The van der Waals surface area contributed by atoms with Crippen LogP contribution in [0.25, 0.3) is 0 Å². The molecule has 0 bridgehead atoms. The molecule has 1 aromatic heterocycles. The van der Waals surface area contributed by atoms with Crippen molar-refractivity contribution in [1.82, 2.24) is 9.88 Å². The molecular formula is C11H17N3O. The van der Waals surface area contributed by atoms with Crippen molar-refractivity contribution in [1.29, 1.82) is 0 Å². The Morgan fingerprint density at radius 2 is 2.27 bits per heavy atom. The summed E-state index contributed by atoms with van der Waals surface area (Å²) in [5.74, 6) is 0.680. The number of rotatable bonds is 4. The SMILES string of the molecule is CCCN(C)C(=O)c1cccc(NC)n1. The molecule has 1 heterocycles. The number of pyridine rings is 1. The van der Waals surface area contributed by atoms with E-state index in [9.17, 15) is 4.79 Å². The van der Waals surface area contributed by atoms with Gasteiger partial charge in [-0.25, -0.2) is 4.98 Å². The van der Waals surface area contributed by atoms with Gasteiger partial charge in [0.25, 0.3) is 5.91 Å². The summed E-state index contributed by atoms with van der Waals surface area (Å²) in [6.07, 6.45) is 0.952. The highest BCUT2D eigenvalue weighted by Crippen LogP contribution is 2.06. The van der Waals surface area contributed by atoms with E-state index in [0.717, 1.165) is 13.0 Å². The van der Waals surface area contributed by atoms with Gasteiger partial charge >= 0.3 is 0 Å². The highest BCUT2D eigenvalue weighted by atomic mass is 16.2. The van der Waals surface area contributed by atoms with Gasteiger partial charge in [0.2, 0.25) is 0 Å². The lowest BCUT2D eigenvalue weighted by Crippen LogP contribution is -2.28. The van der Waals surface area contributed by atoms with Crippen molar-refractivity contribution in [3.8, 4) is 0 Å². The molecule has 0 atom stereocenters. The van der Waals surface area contributed by atoms with E-state index in [1.165, 1.54) is 0 Å². The van der Waals surface area contributed by atoms with E-state index >= 15 is 0 Å². The standard InChI is InChI=1S/C11H17N3O/c1-4-8-14(3)11(15)9-6-5-7-10(12-2)13-9/h5-7H,4,8H2,1-3H3,(H,12,13). The minimum Gasteiger partial charge on any atom is -0.373 e. The number of hydrogen-bond donors (Lipinski definition) is 1. The summed E-state index contributed by atoms with van der Waals surface area (Å²) >= 11 is 0. The maximum atomic E-state index is 11.8. The first-order chi connectivity index (χ1) is 7.19. The van der Waals surface area contributed by atoms with Crippen LogP contribution < -0.4 is 5.32 Å². The van der Waals surface area contributed by atoms with Crippen molar-refractivity contribution in [3.63, 3.8) is 0 Å². The Bertz CT molecular complexity index is 338. The summed E-state index contributed by atoms with van der Waals surface area (Å²) in [7, 11) is 3.58. The number of carbonyl (C=O) groups excluding carboxylic acids is 1. The van der Waals surface area contributed by atoms with Crippen molar-refractivity contribution in [2.45, 2.75) is 13.3 Å². The number of carbonyl (C=O) groups is 1. The van der Waals surface area contributed by atoms with E-state index in [4.69, 9.17) is 0 Å². The molecule has 0 spiro atoms. The highest BCUT2D eigenvalue weighted by molar-refractivity contribution is 5.92. The van der Waals surface area contributed by atoms with Crippen LogP contribution in [0, 0.1) is 0 Å². The van der Waals surface area contributed by atoms with Gasteiger partial charge in [0.1, 0.15) is 11.5 Å². The first kappa shape index (κ1) is 11.5. The Kier molecular flexibility index (Phi) is 4.09. The molecule has 0 aliphatic carbocycles. The number of aromatic nitrogens is 1. The molecule has 1 N–H and O–H groups in total. The summed E-state index contributed by atoms with van der Waals surface area (Å²) in [6.45, 7) is 2.80. The van der Waals surface area contributed by atoms with Gasteiger partial charge in [-0.3, -0.25) is 4.79 Å². The predicted octanol–water partition coefficient (Wildman–Crippen LogP) is 1.61. The molecule has 4 nitrogen and oxygen atoms in total. The summed E-state index contributed by atoms with van der Waals surface area (Å²) in [4.78, 5) is 17.7. The zero-order valence-electron chi connectivity index (χ0n) is 9.45. The van der Waals surface area contributed by atoms with Crippen LogP contribution in [0.3, 0.4) is 0 Å². The molecule has 0 aliphatic heterocycles. The maximum absolute atomic E-state index is 11.8. The summed E-state index contributed by atoms with van der Waals surface area (Å²) in [5.41, 5.74) is 0.484. The van der Waals surface area contributed by atoms with Gasteiger partial charge in [0.05, 0.1) is 0 Å². The van der Waals surface area contributed by atoms with Crippen molar-refractivity contribution in [2.24, 2.45) is 0 Å². The fraction of sp³-hybridized carbons (Fsp3) is 0.455. The van der Waals surface area contributed by atoms with E-state index in [2.05, 4.69) is 10.3 Å². The molecule has 0 saturated heterocycles. The predicted molar refractivity (Wildman–Crippen MR) is 61.0 cm³/mol. The normalized spacial score (nSPS) is 9.80. The largest absolute Gasteiger partial charge is 0.373 e. The van der Waals surface area contributed by atoms with Crippen LogP contribution >= 0.6 is 0 Å². The third kappa shape index (κ3) is 2.94. The summed E-state index contributed by atoms with van der Waals surface area (Å²) in [5, 5.41) is 2.91. The van der Waals surface area contributed by atoms with Crippen LogP contribution in [0.1, 0.15) is 23.8 Å². The number of amides is 1. The lowest BCUT2D eigenvalue weighted by molar-refractivity contribution is 0.0789. The van der Waals surface area contributed by atoms with E-state index in [1.807, 2.05) is 19.1 Å². The van der Waals surface area contributed by atoms with Crippen LogP contribution in [0.2, 0.25) is 0 Å². The minimum atomic E-state index is -0.0334. The van der Waals surface area contributed by atoms with Gasteiger partial charge in [-0.05, 0) is 18.6 Å². The average Bonchev–Trinajstić information content (AvgIpc) is 2.28. The molecule has 82 valence electrons. The van der Waals surface area contributed by atoms with E-state index < -0.39 is 0 Å². The van der Waals surface area contributed by atoms with Crippen LogP contribution in [-0.4, -0.2) is 36.4 Å². The van der Waals surface area contributed by atoms with Gasteiger partial charge in [-0.1, -0.05) is 13.0 Å². The van der Waals surface area contributed by atoms with E-state index in [-0.39, 0.29) is 5.91 Å². The zero-order chi connectivity index (χ0) is 11.3. The van der Waals surface area contributed by atoms with E-state index in [0.29, 0.717) is 11.5 Å². The molecular weight excluding hydrogens is 190 g/mol. The first-order valence-corrected chi connectivity index (χ1v) is 5.09. The van der Waals surface area contributed by atoms with Crippen LogP contribution in [-0.2, 0) is 0 Å². The van der Waals surface area contributed by atoms with Gasteiger partial charge < -0.3 is 10.2 Å². The molecule has 0 fully saturated rings. The average molecular weight is 207 g/mol. The van der Waals surface area contributed by atoms with Crippen molar-refractivity contribution in [2.75, 3.05) is 26.0 Å². The third-order valence-corrected chi connectivity index (χ3v) is 2.13. The van der Waals surface area contributed by atoms with Crippen LogP contribution in [0.5, 0.6) is 0 Å². The number of nitrogens with one attached hydrogen (secondary N) is 1. The minimum absolute atomic E-state index is 0.0334. The topological polar surface area (TPSA) is 45.2 Å². The molecule has 0 radical (unpaired) electrons. The second kappa shape index (κ2) is 5.34. The van der Waals surface area contributed by atoms with Crippen molar-refractivity contribution in [3.05, 3.63) is 23.9 Å². The molecule has 0 aliphatic rings. The van der Waals surface area contributed by atoms with E-state index in [1.54, 1.807) is 25.1 Å². The Morgan fingerprint density at radius 3 is 2.87 bits per heavy atom. The van der Waals surface area contributed by atoms with Gasteiger partial charge in [0.15, 0.2) is 0 Å². The Balaban J connectivity index is 2.81. The highest BCUT2D eigenvalue weighted by Gasteiger charge is 2.11. The molecule has 4 heteroatoms. The smallest absolute Gasteiger partial charge is 0.272 e. The Hall–Kier alpha value is -1.58. The number of hydrogen-bond acceptors (Lipinski definition) is 3. The lowest BCUT2D eigenvalue weighted by atomic mass is 10.3. The quantitative estimate of drug-likeness (QED) is 0.815. The fourth-order valence-corrected chi connectivity index (χ4v) is 1.33. The zero-order valence-corrected chi connectivity index (χ0v) is 9.45. The van der Waals surface area contributed by atoms with Crippen LogP contribution in [0.4, 0.5) is 5.82 Å². The molecule has 0 aromatic carbocycles. The Labute approximate surface area is 90.3 Å². The van der Waals surface area contributed by atoms with Gasteiger partial charge in [-0.15, -0.1) is 0 Å². The molecule has 1 aromatic rings. The monoisotopic (exact) mass is 207 g/mol. The summed E-state index contributed by atoms with van der Waals surface area (Å²) in [6, 6.07) is 5.39. The summed E-state index contributed by atoms with van der Waals surface area (Å²) < 4.78 is 0. The van der Waals surface area contributed by atoms with Gasteiger partial charge in [-0.2, -0.15) is 0 Å². The number of anilines is 1. The second-order valence-corrected chi connectivity index (χ2v) is 3.38. The Morgan fingerprint density at radius 1 is 1.53 bits per heavy atom. The third-order valence-electron chi connectivity index (χ3n) is 2.13. The second-order valence-electron chi connectivity index (χ2n) is 3.38. The van der Waals surface area contributed by atoms with Gasteiger partial charge in [0, 0.05) is 20.6 Å². The van der Waals surface area contributed by atoms with Crippen LogP contribution in [0.15, 0.2) is 18.2 Å². The molecule has 0 saturated carbocycles. The molecule has 1 rings (SSSR count). The maximum Gasteiger partial charge on any atom is 0.272 e.